The van der Waals surface area contributed by atoms with E-state index in [9.17, 15) is 13.6 Å². The van der Waals surface area contributed by atoms with E-state index in [0.717, 1.165) is 23.1 Å². The number of ether oxygens (including phenoxy) is 1. The van der Waals surface area contributed by atoms with Crippen molar-refractivity contribution in [2.45, 2.75) is 24.5 Å². The molecule has 0 bridgehead atoms. The fourth-order valence-electron chi connectivity index (χ4n) is 3.56. The first-order valence-electron chi connectivity index (χ1n) is 9.57. The van der Waals surface area contributed by atoms with Gasteiger partial charge in [-0.05, 0) is 42.0 Å². The Bertz CT molecular complexity index is 1130. The van der Waals surface area contributed by atoms with Gasteiger partial charge in [0.15, 0.2) is 5.13 Å². The lowest BCUT2D eigenvalue weighted by Crippen LogP contribution is -2.18. The number of aromatic nitrogens is 3. The Morgan fingerprint density at radius 1 is 1.27 bits per heavy atom. The number of amides is 1. The van der Waals surface area contributed by atoms with Crippen LogP contribution in [-0.2, 0) is 11.3 Å². The minimum absolute atomic E-state index is 0.0143. The van der Waals surface area contributed by atoms with Crippen LogP contribution in [0.2, 0.25) is 0 Å². The summed E-state index contributed by atoms with van der Waals surface area (Å²) in [6, 6.07) is 9.52. The lowest BCUT2D eigenvalue weighted by atomic mass is 10.0. The van der Waals surface area contributed by atoms with Crippen LogP contribution in [0.15, 0.2) is 42.6 Å². The normalized spacial score (nSPS) is 22.2. The fraction of sp³-hybridized carbons (Fsp3) is 0.286. The second-order valence-electron chi connectivity index (χ2n) is 7.40. The zero-order valence-corrected chi connectivity index (χ0v) is 16.5. The number of benzene rings is 1. The number of fused-ring (bicyclic) bond motifs is 1. The van der Waals surface area contributed by atoms with Gasteiger partial charge >= 0.3 is 0 Å². The summed E-state index contributed by atoms with van der Waals surface area (Å²) in [6.07, 6.45) is 2.36. The molecule has 1 aromatic carbocycles. The first-order valence-corrected chi connectivity index (χ1v) is 9.95. The third-order valence-corrected chi connectivity index (χ3v) is 5.64. The van der Waals surface area contributed by atoms with Crippen molar-refractivity contribution in [3.05, 3.63) is 48.4 Å². The van der Waals surface area contributed by atoms with Gasteiger partial charge in [-0.15, -0.1) is 0 Å². The molecule has 1 aliphatic heterocycles. The van der Waals surface area contributed by atoms with Crippen molar-refractivity contribution in [3.63, 3.8) is 0 Å². The lowest BCUT2D eigenvalue weighted by molar-refractivity contribution is -0.117. The molecule has 0 saturated heterocycles. The number of carbonyl (C=O) groups is 1. The molecule has 2 atom stereocenters. The quantitative estimate of drug-likeness (QED) is 0.623. The van der Waals surface area contributed by atoms with E-state index in [2.05, 4.69) is 15.4 Å². The number of hydrogen-bond donors (Lipinski definition) is 1. The lowest BCUT2D eigenvalue weighted by Gasteiger charge is -2.16. The van der Waals surface area contributed by atoms with Crippen LogP contribution in [0.5, 0.6) is 5.88 Å². The molecule has 30 heavy (non-hydrogen) atoms. The Labute approximate surface area is 175 Å². The smallest absolute Gasteiger partial charge is 0.233 e. The molecule has 0 spiro atoms. The van der Waals surface area contributed by atoms with Gasteiger partial charge in [-0.3, -0.25) is 4.79 Å². The summed E-state index contributed by atoms with van der Waals surface area (Å²) in [5, 5.41) is 5.31. The Morgan fingerprint density at radius 2 is 2.03 bits per heavy atom. The van der Waals surface area contributed by atoms with E-state index in [-0.39, 0.29) is 18.1 Å². The summed E-state index contributed by atoms with van der Waals surface area (Å²) >= 11 is 5.56. The van der Waals surface area contributed by atoms with Gasteiger partial charge in [0, 0.05) is 31.1 Å². The van der Waals surface area contributed by atoms with E-state index in [4.69, 9.17) is 16.3 Å². The van der Waals surface area contributed by atoms with E-state index in [0.29, 0.717) is 24.7 Å². The average molecular weight is 431 g/mol. The molecule has 9 heteroatoms. The van der Waals surface area contributed by atoms with Crippen LogP contribution in [0, 0.1) is 11.7 Å². The van der Waals surface area contributed by atoms with Crippen molar-refractivity contribution in [3.8, 4) is 28.3 Å². The molecule has 1 N–H and O–H groups in total. The Hall–Kier alpha value is -3.00. The summed E-state index contributed by atoms with van der Waals surface area (Å²) < 4.78 is 34.7. The molecule has 1 saturated carbocycles. The van der Waals surface area contributed by atoms with Gasteiger partial charge in [-0.25, -0.2) is 18.4 Å². The number of pyridine rings is 1. The van der Waals surface area contributed by atoms with Crippen molar-refractivity contribution >= 4 is 23.3 Å². The summed E-state index contributed by atoms with van der Waals surface area (Å²) in [5.74, 6) is -0.846. The molecule has 5 rings (SSSR count). The largest absolute Gasteiger partial charge is 0.477 e. The third kappa shape index (κ3) is 3.41. The SMILES string of the molecule is O=C(Nc1cc(-c2c(-c3ccc(F)cc3)nn3c2OCCC3)ccn1)C1CC1(F)Cl. The van der Waals surface area contributed by atoms with Gasteiger partial charge in [0.1, 0.15) is 17.3 Å². The molecule has 3 aromatic rings. The number of anilines is 1. The Kier molecular flexibility index (Phi) is 4.47. The minimum atomic E-state index is -1.98. The van der Waals surface area contributed by atoms with Gasteiger partial charge in [0.25, 0.3) is 0 Å². The topological polar surface area (TPSA) is 69.0 Å². The number of rotatable bonds is 4. The molecule has 2 unspecified atom stereocenters. The van der Waals surface area contributed by atoms with Crippen molar-refractivity contribution in [1.29, 1.82) is 0 Å². The van der Waals surface area contributed by atoms with Crippen LogP contribution in [-0.4, -0.2) is 32.4 Å². The van der Waals surface area contributed by atoms with E-state index in [1.165, 1.54) is 12.1 Å². The second-order valence-corrected chi connectivity index (χ2v) is 8.03. The maximum atomic E-state index is 13.6. The summed E-state index contributed by atoms with van der Waals surface area (Å²) in [5.41, 5.74) is 2.82. The van der Waals surface area contributed by atoms with Crippen molar-refractivity contribution in [2.24, 2.45) is 5.92 Å². The van der Waals surface area contributed by atoms with E-state index in [1.807, 2.05) is 0 Å². The fourth-order valence-corrected chi connectivity index (χ4v) is 3.82. The molecule has 2 aromatic heterocycles. The molecule has 0 radical (unpaired) electrons. The Morgan fingerprint density at radius 3 is 2.77 bits per heavy atom. The molecular formula is C21H17ClF2N4O2. The van der Waals surface area contributed by atoms with E-state index in [1.54, 1.807) is 35.1 Å². The predicted molar refractivity (Wildman–Crippen MR) is 107 cm³/mol. The molecule has 2 aliphatic rings. The number of carbonyl (C=O) groups excluding carboxylic acids is 1. The second kappa shape index (κ2) is 7.05. The number of alkyl halides is 2. The van der Waals surface area contributed by atoms with E-state index < -0.39 is 17.0 Å². The first-order chi connectivity index (χ1) is 14.4. The summed E-state index contributed by atoms with van der Waals surface area (Å²) in [4.78, 5) is 16.3. The van der Waals surface area contributed by atoms with Gasteiger partial charge in [-0.1, -0.05) is 11.6 Å². The predicted octanol–water partition coefficient (Wildman–Crippen LogP) is 4.40. The molecule has 3 heterocycles. The number of aryl methyl sites for hydroxylation is 1. The van der Waals surface area contributed by atoms with Gasteiger partial charge < -0.3 is 10.1 Å². The molecule has 1 aliphatic carbocycles. The maximum absolute atomic E-state index is 13.6. The van der Waals surface area contributed by atoms with Crippen LogP contribution in [0.3, 0.4) is 0 Å². The van der Waals surface area contributed by atoms with Crippen molar-refractivity contribution in [2.75, 3.05) is 11.9 Å². The van der Waals surface area contributed by atoms with Gasteiger partial charge in [0.05, 0.1) is 18.1 Å². The highest BCUT2D eigenvalue weighted by molar-refractivity contribution is 6.27. The monoisotopic (exact) mass is 430 g/mol. The number of hydrogen-bond acceptors (Lipinski definition) is 4. The number of nitrogens with one attached hydrogen (secondary N) is 1. The molecule has 1 amide bonds. The maximum Gasteiger partial charge on any atom is 0.233 e. The first kappa shape index (κ1) is 19.0. The van der Waals surface area contributed by atoms with Crippen molar-refractivity contribution in [1.82, 2.24) is 14.8 Å². The number of halogens is 3. The third-order valence-electron chi connectivity index (χ3n) is 5.22. The van der Waals surface area contributed by atoms with Crippen LogP contribution in [0.25, 0.3) is 22.4 Å². The minimum Gasteiger partial charge on any atom is -0.477 e. The summed E-state index contributed by atoms with van der Waals surface area (Å²) in [7, 11) is 0. The Balaban J connectivity index is 1.54. The number of nitrogens with zero attached hydrogens (tertiary/aromatic N) is 3. The average Bonchev–Trinajstić information content (AvgIpc) is 3.21. The zero-order chi connectivity index (χ0) is 20.9. The molecular weight excluding hydrogens is 414 g/mol. The van der Waals surface area contributed by atoms with Crippen LogP contribution in [0.1, 0.15) is 12.8 Å². The van der Waals surface area contributed by atoms with Gasteiger partial charge in [-0.2, -0.15) is 5.10 Å². The molecule has 1 fully saturated rings. The zero-order valence-electron chi connectivity index (χ0n) is 15.7. The van der Waals surface area contributed by atoms with Crippen LogP contribution in [0.4, 0.5) is 14.6 Å². The highest BCUT2D eigenvalue weighted by atomic mass is 35.5. The molecule has 6 nitrogen and oxygen atoms in total. The standard InChI is InChI=1S/C21H17ClF2N4O2/c22-21(24)11-15(21)19(29)26-16-10-13(6-7-25-16)17-18(12-2-4-14(23)5-3-12)27-28-8-1-9-30-20(17)28/h2-7,10,15H,1,8-9,11H2,(H,25,26,29). The van der Waals surface area contributed by atoms with Crippen molar-refractivity contribution < 1.29 is 18.3 Å². The van der Waals surface area contributed by atoms with Gasteiger partial charge in [0.2, 0.25) is 11.8 Å². The van der Waals surface area contributed by atoms with Crippen LogP contribution < -0.4 is 10.1 Å². The van der Waals surface area contributed by atoms with Crippen LogP contribution >= 0.6 is 11.6 Å². The summed E-state index contributed by atoms with van der Waals surface area (Å²) in [6.45, 7) is 1.26. The highest BCUT2D eigenvalue weighted by Gasteiger charge is 2.58. The highest BCUT2D eigenvalue weighted by Crippen LogP contribution is 2.51. The van der Waals surface area contributed by atoms with E-state index >= 15 is 0 Å². The molecule has 154 valence electrons.